The largest absolute Gasteiger partial charge is 0.497 e. The van der Waals surface area contributed by atoms with Crippen LogP contribution >= 0.6 is 0 Å². The Hall–Kier alpha value is -4.18. The molecule has 3 nitrogen and oxygen atoms in total. The Morgan fingerprint density at radius 2 is 1.50 bits per heavy atom. The van der Waals surface area contributed by atoms with E-state index in [4.69, 9.17) is 4.74 Å². The number of hydrogen-bond donors (Lipinski definition) is 1. The number of hydrogen-bond acceptors (Lipinski definition) is 2. The van der Waals surface area contributed by atoms with Crippen LogP contribution in [0.5, 0.6) is 5.75 Å². The van der Waals surface area contributed by atoms with Crippen LogP contribution in [0, 0.1) is 5.82 Å². The molecule has 34 heavy (non-hydrogen) atoms. The lowest BCUT2D eigenvalue weighted by Gasteiger charge is -2.13. The number of rotatable bonds is 8. The van der Waals surface area contributed by atoms with Crippen molar-refractivity contribution in [2.45, 2.75) is 13.0 Å². The monoisotopic (exact) mass is 451 g/mol. The topological polar surface area (TPSA) is 38.3 Å². The van der Waals surface area contributed by atoms with Crippen molar-refractivity contribution in [1.29, 1.82) is 0 Å². The van der Waals surface area contributed by atoms with Crippen LogP contribution in [0.4, 0.5) is 4.39 Å². The SMILES string of the molecule is COc1ccc(CC(=O)NCc2ccccc2-c2ccccc2C=Cc2ccc(F)cc2)cc1. The Kier molecular flexibility index (Phi) is 7.51. The van der Waals surface area contributed by atoms with Gasteiger partial charge in [0.15, 0.2) is 0 Å². The summed E-state index contributed by atoms with van der Waals surface area (Å²) in [7, 11) is 1.62. The summed E-state index contributed by atoms with van der Waals surface area (Å²) in [6.07, 6.45) is 4.31. The first-order chi connectivity index (χ1) is 16.6. The summed E-state index contributed by atoms with van der Waals surface area (Å²) < 4.78 is 18.4. The molecule has 0 radical (unpaired) electrons. The fourth-order valence-corrected chi connectivity index (χ4v) is 3.77. The van der Waals surface area contributed by atoms with Crippen molar-refractivity contribution in [3.63, 3.8) is 0 Å². The summed E-state index contributed by atoms with van der Waals surface area (Å²) in [4.78, 5) is 12.6. The molecule has 0 saturated carbocycles. The minimum atomic E-state index is -0.250. The van der Waals surface area contributed by atoms with Gasteiger partial charge >= 0.3 is 0 Å². The number of carbonyl (C=O) groups is 1. The fraction of sp³-hybridized carbons (Fsp3) is 0.100. The van der Waals surface area contributed by atoms with Crippen LogP contribution < -0.4 is 10.1 Å². The van der Waals surface area contributed by atoms with E-state index in [0.717, 1.165) is 39.1 Å². The Morgan fingerprint density at radius 3 is 2.24 bits per heavy atom. The molecule has 0 aromatic heterocycles. The second kappa shape index (κ2) is 11.1. The molecule has 170 valence electrons. The summed E-state index contributed by atoms with van der Waals surface area (Å²) in [5.41, 5.74) is 6.07. The molecule has 0 unspecified atom stereocenters. The van der Waals surface area contributed by atoms with Crippen molar-refractivity contribution < 1.29 is 13.9 Å². The molecule has 0 atom stereocenters. The minimum absolute atomic E-state index is 0.0375. The average Bonchev–Trinajstić information content (AvgIpc) is 2.88. The molecule has 0 bridgehead atoms. The molecule has 0 saturated heterocycles. The lowest BCUT2D eigenvalue weighted by molar-refractivity contribution is -0.120. The molecule has 0 aliphatic rings. The van der Waals surface area contributed by atoms with E-state index in [0.29, 0.717) is 13.0 Å². The molecule has 1 amide bonds. The second-order valence-electron chi connectivity index (χ2n) is 7.93. The van der Waals surface area contributed by atoms with Crippen LogP contribution in [0.3, 0.4) is 0 Å². The van der Waals surface area contributed by atoms with Crippen LogP contribution in [0.2, 0.25) is 0 Å². The molecule has 4 heteroatoms. The smallest absolute Gasteiger partial charge is 0.224 e. The fourth-order valence-electron chi connectivity index (χ4n) is 3.77. The van der Waals surface area contributed by atoms with Crippen LogP contribution in [0.25, 0.3) is 23.3 Å². The van der Waals surface area contributed by atoms with Crippen LogP contribution in [-0.2, 0) is 17.8 Å². The molecule has 0 heterocycles. The number of ether oxygens (including phenoxy) is 1. The van der Waals surface area contributed by atoms with Crippen molar-refractivity contribution >= 4 is 18.1 Å². The second-order valence-corrected chi connectivity index (χ2v) is 7.93. The first-order valence-electron chi connectivity index (χ1n) is 11.1. The normalized spacial score (nSPS) is 10.9. The van der Waals surface area contributed by atoms with Gasteiger partial charge in [-0.2, -0.15) is 0 Å². The van der Waals surface area contributed by atoms with E-state index in [9.17, 15) is 9.18 Å². The van der Waals surface area contributed by atoms with E-state index in [-0.39, 0.29) is 11.7 Å². The summed E-state index contributed by atoms with van der Waals surface area (Å²) >= 11 is 0. The number of amides is 1. The van der Waals surface area contributed by atoms with Gasteiger partial charge in [-0.3, -0.25) is 4.79 Å². The molecule has 0 aliphatic carbocycles. The number of carbonyl (C=O) groups excluding carboxylic acids is 1. The Bertz CT molecular complexity index is 1280. The van der Waals surface area contributed by atoms with Gasteiger partial charge in [0.05, 0.1) is 13.5 Å². The van der Waals surface area contributed by atoms with Gasteiger partial charge in [-0.1, -0.05) is 84.9 Å². The highest BCUT2D eigenvalue weighted by molar-refractivity contribution is 5.83. The van der Waals surface area contributed by atoms with Crippen LogP contribution in [-0.4, -0.2) is 13.0 Å². The van der Waals surface area contributed by atoms with Gasteiger partial charge in [0.1, 0.15) is 11.6 Å². The highest BCUT2D eigenvalue weighted by Gasteiger charge is 2.10. The number of halogens is 1. The molecule has 4 rings (SSSR count). The zero-order chi connectivity index (χ0) is 23.8. The Labute approximate surface area is 199 Å². The van der Waals surface area contributed by atoms with E-state index < -0.39 is 0 Å². The van der Waals surface area contributed by atoms with E-state index in [1.54, 1.807) is 19.2 Å². The van der Waals surface area contributed by atoms with E-state index in [2.05, 4.69) is 17.4 Å². The maximum atomic E-state index is 13.2. The summed E-state index contributed by atoms with van der Waals surface area (Å²) in [6, 6.07) is 30.1. The molecule has 0 fully saturated rings. The lowest BCUT2D eigenvalue weighted by atomic mass is 9.94. The summed E-state index contributed by atoms with van der Waals surface area (Å²) in [6.45, 7) is 0.432. The van der Waals surface area contributed by atoms with Crippen LogP contribution in [0.15, 0.2) is 97.1 Å². The molecule has 4 aromatic rings. The third-order valence-corrected chi connectivity index (χ3v) is 5.59. The van der Waals surface area contributed by atoms with Gasteiger partial charge in [0.25, 0.3) is 0 Å². The standard InChI is InChI=1S/C30H26FNO2/c1-34-27-18-13-23(14-19-27)20-30(33)32-21-25-7-3-5-9-29(25)28-8-4-2-6-24(28)15-10-22-11-16-26(31)17-12-22/h2-19H,20-21H2,1H3,(H,32,33). The molecule has 1 N–H and O–H groups in total. The zero-order valence-electron chi connectivity index (χ0n) is 19.0. The van der Waals surface area contributed by atoms with Gasteiger partial charge in [0, 0.05) is 6.54 Å². The van der Waals surface area contributed by atoms with Crippen molar-refractivity contribution in [3.05, 3.63) is 125 Å². The quantitative estimate of drug-likeness (QED) is 0.309. The minimum Gasteiger partial charge on any atom is -0.497 e. The van der Waals surface area contributed by atoms with Gasteiger partial charge < -0.3 is 10.1 Å². The van der Waals surface area contributed by atoms with Crippen LogP contribution in [0.1, 0.15) is 22.3 Å². The zero-order valence-corrected chi connectivity index (χ0v) is 19.0. The number of benzene rings is 4. The van der Waals surface area contributed by atoms with E-state index in [1.807, 2.05) is 72.8 Å². The predicted molar refractivity (Wildman–Crippen MR) is 136 cm³/mol. The molecular formula is C30H26FNO2. The van der Waals surface area contributed by atoms with Gasteiger partial charge in [-0.25, -0.2) is 4.39 Å². The third kappa shape index (κ3) is 5.99. The summed E-state index contributed by atoms with van der Waals surface area (Å²) in [5.74, 6) is 0.482. The molecule has 0 spiro atoms. The lowest BCUT2D eigenvalue weighted by Crippen LogP contribution is -2.24. The van der Waals surface area contributed by atoms with E-state index >= 15 is 0 Å². The predicted octanol–water partition coefficient (Wildman–Crippen LogP) is 6.53. The van der Waals surface area contributed by atoms with Crippen molar-refractivity contribution in [3.8, 4) is 16.9 Å². The van der Waals surface area contributed by atoms with Gasteiger partial charge in [-0.05, 0) is 57.6 Å². The number of nitrogens with one attached hydrogen (secondary N) is 1. The third-order valence-electron chi connectivity index (χ3n) is 5.59. The van der Waals surface area contributed by atoms with Gasteiger partial charge in [-0.15, -0.1) is 0 Å². The Balaban J connectivity index is 1.50. The van der Waals surface area contributed by atoms with Crippen molar-refractivity contribution in [2.75, 3.05) is 7.11 Å². The van der Waals surface area contributed by atoms with Crippen molar-refractivity contribution in [2.24, 2.45) is 0 Å². The van der Waals surface area contributed by atoms with Crippen molar-refractivity contribution in [1.82, 2.24) is 5.32 Å². The Morgan fingerprint density at radius 1 is 0.824 bits per heavy atom. The maximum absolute atomic E-state index is 13.2. The van der Waals surface area contributed by atoms with Gasteiger partial charge in [0.2, 0.25) is 5.91 Å². The average molecular weight is 452 g/mol. The first kappa shape index (κ1) is 23.0. The highest BCUT2D eigenvalue weighted by atomic mass is 19.1. The number of methoxy groups -OCH3 is 1. The molecular weight excluding hydrogens is 425 g/mol. The summed E-state index contributed by atoms with van der Waals surface area (Å²) in [5, 5.41) is 3.05. The molecule has 4 aromatic carbocycles. The first-order valence-corrected chi connectivity index (χ1v) is 11.1. The van der Waals surface area contributed by atoms with E-state index in [1.165, 1.54) is 12.1 Å². The highest BCUT2D eigenvalue weighted by Crippen LogP contribution is 2.28. The molecule has 0 aliphatic heterocycles. The maximum Gasteiger partial charge on any atom is 0.224 e.